The molecule has 0 spiro atoms. The number of carbonyl (C=O) groups is 2. The number of nitrogens with zero attached hydrogens (tertiary/aromatic N) is 1. The number of phenols is 1. The summed E-state index contributed by atoms with van der Waals surface area (Å²) in [7, 11) is 0. The van der Waals surface area contributed by atoms with Crippen LogP contribution >= 0.6 is 35.6 Å². The van der Waals surface area contributed by atoms with Crippen molar-refractivity contribution in [1.29, 1.82) is 0 Å². The van der Waals surface area contributed by atoms with Crippen LogP contribution in [0.3, 0.4) is 0 Å². The molecule has 1 aliphatic heterocycles. The molecule has 2 aromatic rings. The Balaban J connectivity index is 1.60. The summed E-state index contributed by atoms with van der Waals surface area (Å²) in [5.74, 6) is 0.0741. The van der Waals surface area contributed by atoms with E-state index in [1.807, 2.05) is 31.2 Å². The van der Waals surface area contributed by atoms with Gasteiger partial charge in [0.25, 0.3) is 5.91 Å². The minimum absolute atomic E-state index is 0.0225. The van der Waals surface area contributed by atoms with Crippen molar-refractivity contribution >= 4 is 63.5 Å². The van der Waals surface area contributed by atoms with Gasteiger partial charge in [0, 0.05) is 18.0 Å². The van der Waals surface area contributed by atoms with Crippen LogP contribution in [-0.2, 0) is 9.59 Å². The standard InChI is InChI=1S/C21H19ClN2O4S2/c1-2-28-15-6-3-13(4-7-15)11-18-20(27)24(21(29)30-18)10-9-19(26)23-16-12-14(22)5-8-17(16)25/h3-8,11-12,25H,2,9-10H2,1H3,(H,23,26). The van der Waals surface area contributed by atoms with Crippen molar-refractivity contribution in [2.75, 3.05) is 18.5 Å². The average molecular weight is 463 g/mol. The molecule has 0 aromatic heterocycles. The third-order valence-electron chi connectivity index (χ3n) is 4.16. The topological polar surface area (TPSA) is 78.9 Å². The van der Waals surface area contributed by atoms with Gasteiger partial charge in [0.15, 0.2) is 0 Å². The number of aromatic hydroxyl groups is 1. The quantitative estimate of drug-likeness (QED) is 0.353. The van der Waals surface area contributed by atoms with E-state index >= 15 is 0 Å². The Morgan fingerprint density at radius 1 is 1.30 bits per heavy atom. The van der Waals surface area contributed by atoms with Crippen LogP contribution in [0.25, 0.3) is 6.08 Å². The highest BCUT2D eigenvalue weighted by molar-refractivity contribution is 8.26. The smallest absolute Gasteiger partial charge is 0.266 e. The van der Waals surface area contributed by atoms with Gasteiger partial charge in [-0.05, 0) is 48.9 Å². The largest absolute Gasteiger partial charge is 0.506 e. The first kappa shape index (κ1) is 22.1. The van der Waals surface area contributed by atoms with Crippen LogP contribution in [0, 0.1) is 0 Å². The molecule has 0 atom stereocenters. The second kappa shape index (κ2) is 9.97. The summed E-state index contributed by atoms with van der Waals surface area (Å²) in [6, 6.07) is 11.8. The molecule has 1 aliphatic rings. The average Bonchev–Trinajstić information content (AvgIpc) is 2.97. The number of thioether (sulfide) groups is 1. The monoisotopic (exact) mass is 462 g/mol. The van der Waals surface area contributed by atoms with Crippen LogP contribution in [0.4, 0.5) is 5.69 Å². The van der Waals surface area contributed by atoms with E-state index in [1.54, 1.807) is 6.08 Å². The Kier molecular flexibility index (Phi) is 7.36. The van der Waals surface area contributed by atoms with Crippen molar-refractivity contribution in [3.63, 3.8) is 0 Å². The van der Waals surface area contributed by atoms with Crippen LogP contribution in [0.15, 0.2) is 47.4 Å². The molecule has 1 fully saturated rings. The van der Waals surface area contributed by atoms with Gasteiger partial charge in [0.1, 0.15) is 15.8 Å². The first-order valence-corrected chi connectivity index (χ1v) is 10.7. The van der Waals surface area contributed by atoms with Crippen molar-refractivity contribution < 1.29 is 19.4 Å². The lowest BCUT2D eigenvalue weighted by Gasteiger charge is -2.14. The molecule has 0 unspecified atom stereocenters. The highest BCUT2D eigenvalue weighted by Crippen LogP contribution is 2.33. The van der Waals surface area contributed by atoms with Gasteiger partial charge < -0.3 is 15.2 Å². The second-order valence-electron chi connectivity index (χ2n) is 6.30. The highest BCUT2D eigenvalue weighted by atomic mass is 35.5. The maximum atomic E-state index is 12.7. The number of hydrogen-bond acceptors (Lipinski definition) is 6. The van der Waals surface area contributed by atoms with Crippen LogP contribution in [-0.4, -0.2) is 39.3 Å². The molecule has 2 amide bonds. The summed E-state index contributed by atoms with van der Waals surface area (Å²) in [6.45, 7) is 2.64. The van der Waals surface area contributed by atoms with Crippen molar-refractivity contribution in [3.05, 3.63) is 58.0 Å². The number of anilines is 1. The zero-order valence-electron chi connectivity index (χ0n) is 16.1. The maximum Gasteiger partial charge on any atom is 0.266 e. The summed E-state index contributed by atoms with van der Waals surface area (Å²) in [5, 5.41) is 12.8. The minimum atomic E-state index is -0.364. The lowest BCUT2D eigenvalue weighted by atomic mass is 10.2. The summed E-state index contributed by atoms with van der Waals surface area (Å²) >= 11 is 12.4. The van der Waals surface area contributed by atoms with Gasteiger partial charge in [0.05, 0.1) is 17.2 Å². The van der Waals surface area contributed by atoms with E-state index < -0.39 is 0 Å². The molecule has 2 N–H and O–H groups in total. The Labute approximate surface area is 188 Å². The van der Waals surface area contributed by atoms with Crippen molar-refractivity contribution in [2.45, 2.75) is 13.3 Å². The molecular formula is C21H19ClN2O4S2. The molecule has 0 radical (unpaired) electrons. The van der Waals surface area contributed by atoms with Gasteiger partial charge in [-0.2, -0.15) is 0 Å². The molecule has 1 heterocycles. The molecule has 156 valence electrons. The van der Waals surface area contributed by atoms with Crippen LogP contribution < -0.4 is 10.1 Å². The second-order valence-corrected chi connectivity index (χ2v) is 8.41. The fraction of sp³-hybridized carbons (Fsp3) is 0.190. The highest BCUT2D eigenvalue weighted by Gasteiger charge is 2.32. The number of hydrogen-bond donors (Lipinski definition) is 2. The van der Waals surface area contributed by atoms with E-state index in [1.165, 1.54) is 34.9 Å². The van der Waals surface area contributed by atoms with Crippen LogP contribution in [0.1, 0.15) is 18.9 Å². The van der Waals surface area contributed by atoms with E-state index in [4.69, 9.17) is 28.6 Å². The Morgan fingerprint density at radius 2 is 2.03 bits per heavy atom. The molecule has 0 aliphatic carbocycles. The van der Waals surface area contributed by atoms with Crippen molar-refractivity contribution in [2.24, 2.45) is 0 Å². The molecule has 6 nitrogen and oxygen atoms in total. The first-order valence-electron chi connectivity index (χ1n) is 9.14. The summed E-state index contributed by atoms with van der Waals surface area (Å²) in [5.41, 5.74) is 1.07. The number of carbonyl (C=O) groups excluding carboxylic acids is 2. The predicted octanol–water partition coefficient (Wildman–Crippen LogP) is 4.67. The van der Waals surface area contributed by atoms with E-state index in [0.29, 0.717) is 20.9 Å². The van der Waals surface area contributed by atoms with E-state index in [2.05, 4.69) is 5.32 Å². The van der Waals surface area contributed by atoms with Gasteiger partial charge in [-0.25, -0.2) is 0 Å². The zero-order chi connectivity index (χ0) is 21.7. The fourth-order valence-corrected chi connectivity index (χ4v) is 4.19. The lowest BCUT2D eigenvalue weighted by molar-refractivity contribution is -0.122. The Bertz CT molecular complexity index is 1010. The lowest BCUT2D eigenvalue weighted by Crippen LogP contribution is -2.31. The Hall–Kier alpha value is -2.55. The van der Waals surface area contributed by atoms with Gasteiger partial charge in [-0.1, -0.05) is 47.7 Å². The number of nitrogens with one attached hydrogen (secondary N) is 1. The first-order chi connectivity index (χ1) is 14.4. The zero-order valence-corrected chi connectivity index (χ0v) is 18.4. The number of ether oxygens (including phenoxy) is 1. The van der Waals surface area contributed by atoms with Gasteiger partial charge in [-0.15, -0.1) is 0 Å². The minimum Gasteiger partial charge on any atom is -0.506 e. The predicted molar refractivity (Wildman–Crippen MR) is 124 cm³/mol. The van der Waals surface area contributed by atoms with Crippen molar-refractivity contribution in [1.82, 2.24) is 4.90 Å². The number of rotatable bonds is 7. The van der Waals surface area contributed by atoms with Crippen molar-refractivity contribution in [3.8, 4) is 11.5 Å². The molecule has 30 heavy (non-hydrogen) atoms. The molecule has 3 rings (SSSR count). The van der Waals surface area contributed by atoms with Crippen LogP contribution in [0.2, 0.25) is 5.02 Å². The molecule has 0 bridgehead atoms. The third kappa shape index (κ3) is 5.53. The van der Waals surface area contributed by atoms with E-state index in [0.717, 1.165) is 11.3 Å². The van der Waals surface area contributed by atoms with E-state index in [9.17, 15) is 14.7 Å². The number of halogens is 1. The SMILES string of the molecule is CCOc1ccc(C=C2SC(=S)N(CCC(=O)Nc3cc(Cl)ccc3O)C2=O)cc1. The molecule has 2 aromatic carbocycles. The number of benzene rings is 2. The summed E-state index contributed by atoms with van der Waals surface area (Å²) in [4.78, 5) is 26.8. The normalized spacial score (nSPS) is 15.0. The maximum absolute atomic E-state index is 12.7. The molecule has 9 heteroatoms. The number of thiocarbonyl (C=S) groups is 1. The Morgan fingerprint density at radius 3 is 2.73 bits per heavy atom. The van der Waals surface area contributed by atoms with E-state index in [-0.39, 0.29) is 36.2 Å². The molecular weight excluding hydrogens is 444 g/mol. The fourth-order valence-electron chi connectivity index (χ4n) is 2.71. The van der Waals surface area contributed by atoms with Crippen LogP contribution in [0.5, 0.6) is 11.5 Å². The van der Waals surface area contributed by atoms with Gasteiger partial charge >= 0.3 is 0 Å². The van der Waals surface area contributed by atoms with Gasteiger partial charge in [-0.3, -0.25) is 14.5 Å². The third-order valence-corrected chi connectivity index (χ3v) is 5.77. The number of phenolic OH excluding ortho intramolecular Hbond substituents is 1. The number of amides is 2. The molecule has 1 saturated heterocycles. The summed E-state index contributed by atoms with van der Waals surface area (Å²) < 4.78 is 5.81. The summed E-state index contributed by atoms with van der Waals surface area (Å²) in [6.07, 6.45) is 1.79. The van der Waals surface area contributed by atoms with Gasteiger partial charge in [0.2, 0.25) is 5.91 Å². The molecule has 0 saturated carbocycles.